The van der Waals surface area contributed by atoms with E-state index in [4.69, 9.17) is 39.5 Å². The van der Waals surface area contributed by atoms with Crippen LogP contribution < -0.4 is 10.1 Å². The molecule has 0 aliphatic carbocycles. The summed E-state index contributed by atoms with van der Waals surface area (Å²) in [6.45, 7) is 0. The van der Waals surface area contributed by atoms with Gasteiger partial charge in [0.25, 0.3) is 5.91 Å². The van der Waals surface area contributed by atoms with Crippen LogP contribution in [0.3, 0.4) is 0 Å². The van der Waals surface area contributed by atoms with E-state index < -0.39 is 5.91 Å². The van der Waals surface area contributed by atoms with Gasteiger partial charge in [0.1, 0.15) is 5.75 Å². The summed E-state index contributed by atoms with van der Waals surface area (Å²) in [5, 5.41) is 12.9. The summed E-state index contributed by atoms with van der Waals surface area (Å²) in [4.78, 5) is 21.6. The molecule has 1 N–H and O–H groups in total. The number of anilines is 1. The Morgan fingerprint density at radius 3 is 2.48 bits per heavy atom. The van der Waals surface area contributed by atoms with Crippen molar-refractivity contribution in [2.24, 2.45) is 0 Å². The predicted molar refractivity (Wildman–Crippen MR) is 129 cm³/mol. The quantitative estimate of drug-likeness (QED) is 0.251. The zero-order valence-electron chi connectivity index (χ0n) is 17.0. The lowest BCUT2D eigenvalue weighted by atomic mass is 10.2. The standard InChI is InChI=1S/C21H15Cl3N6O2S/c1-32-18-4-3-12(22)10-16(18)27-20(31)19-17(11-33-21-25-5-2-6-26-21)30(29-28-19)15-8-13(23)7-14(24)9-15/h2-10H,11H2,1H3,(H,27,31). The van der Waals surface area contributed by atoms with Crippen LogP contribution in [-0.4, -0.2) is 38.0 Å². The maximum Gasteiger partial charge on any atom is 0.278 e. The number of aromatic nitrogens is 5. The molecule has 0 unspecified atom stereocenters. The van der Waals surface area contributed by atoms with Crippen molar-refractivity contribution in [2.45, 2.75) is 10.9 Å². The molecule has 2 aromatic heterocycles. The van der Waals surface area contributed by atoms with Gasteiger partial charge < -0.3 is 10.1 Å². The Bertz CT molecular complexity index is 1280. The van der Waals surface area contributed by atoms with E-state index in [9.17, 15) is 4.79 Å². The Kier molecular flexibility index (Phi) is 7.34. The molecular weight excluding hydrogens is 507 g/mol. The van der Waals surface area contributed by atoms with Crippen molar-refractivity contribution in [3.63, 3.8) is 0 Å². The van der Waals surface area contributed by atoms with Crippen LogP contribution >= 0.6 is 46.6 Å². The van der Waals surface area contributed by atoms with Gasteiger partial charge in [-0.15, -0.1) is 5.10 Å². The lowest BCUT2D eigenvalue weighted by Gasteiger charge is -2.11. The first kappa shape index (κ1) is 23.3. The summed E-state index contributed by atoms with van der Waals surface area (Å²) in [6.07, 6.45) is 3.28. The highest BCUT2D eigenvalue weighted by molar-refractivity contribution is 7.98. The molecule has 1 amide bonds. The maximum atomic E-state index is 13.2. The van der Waals surface area contributed by atoms with Gasteiger partial charge in [-0.1, -0.05) is 51.8 Å². The molecule has 0 saturated carbocycles. The summed E-state index contributed by atoms with van der Waals surface area (Å²) >= 11 is 19.8. The molecule has 168 valence electrons. The van der Waals surface area contributed by atoms with E-state index in [-0.39, 0.29) is 5.69 Å². The predicted octanol–water partition coefficient (Wildman–Crippen LogP) is 5.57. The number of amides is 1. The number of ether oxygens (including phenoxy) is 1. The lowest BCUT2D eigenvalue weighted by molar-refractivity contribution is 0.102. The fourth-order valence-corrected chi connectivity index (χ4v) is 4.41. The second kappa shape index (κ2) is 10.4. The number of carbonyl (C=O) groups excluding carboxylic acids is 1. The van der Waals surface area contributed by atoms with Gasteiger partial charge in [0.15, 0.2) is 10.9 Å². The number of benzene rings is 2. The molecule has 0 aliphatic heterocycles. The Labute approximate surface area is 208 Å². The summed E-state index contributed by atoms with van der Waals surface area (Å²) in [7, 11) is 1.50. The van der Waals surface area contributed by atoms with E-state index in [1.807, 2.05) is 0 Å². The molecule has 33 heavy (non-hydrogen) atoms. The molecule has 8 nitrogen and oxygen atoms in total. The highest BCUT2D eigenvalue weighted by Gasteiger charge is 2.23. The van der Waals surface area contributed by atoms with Gasteiger partial charge in [-0.05, 0) is 42.5 Å². The van der Waals surface area contributed by atoms with Crippen LogP contribution in [0.1, 0.15) is 16.2 Å². The Balaban J connectivity index is 1.72. The van der Waals surface area contributed by atoms with Crippen LogP contribution in [0.15, 0.2) is 60.0 Å². The van der Waals surface area contributed by atoms with E-state index in [1.54, 1.807) is 54.9 Å². The highest BCUT2D eigenvalue weighted by Crippen LogP contribution is 2.30. The Morgan fingerprint density at radius 1 is 1.06 bits per heavy atom. The van der Waals surface area contributed by atoms with Crippen molar-refractivity contribution < 1.29 is 9.53 Å². The summed E-state index contributed by atoms with van der Waals surface area (Å²) in [5.74, 6) is 0.270. The number of nitrogens with one attached hydrogen (secondary N) is 1. The second-order valence-electron chi connectivity index (χ2n) is 6.54. The number of hydrogen-bond acceptors (Lipinski definition) is 7. The van der Waals surface area contributed by atoms with E-state index >= 15 is 0 Å². The molecule has 0 aliphatic rings. The first-order valence-electron chi connectivity index (χ1n) is 9.40. The first-order chi connectivity index (χ1) is 15.9. The molecule has 0 atom stereocenters. The number of methoxy groups -OCH3 is 1. The minimum absolute atomic E-state index is 0.108. The van der Waals surface area contributed by atoms with Crippen LogP contribution in [-0.2, 0) is 5.75 Å². The molecule has 0 bridgehead atoms. The molecule has 4 aromatic rings. The topological polar surface area (TPSA) is 94.8 Å². The average Bonchev–Trinajstić information content (AvgIpc) is 3.22. The minimum Gasteiger partial charge on any atom is -0.495 e. The Morgan fingerprint density at radius 2 is 1.79 bits per heavy atom. The normalized spacial score (nSPS) is 10.8. The number of rotatable bonds is 7. The number of carbonyl (C=O) groups is 1. The van der Waals surface area contributed by atoms with Crippen LogP contribution in [0.4, 0.5) is 5.69 Å². The third-order valence-electron chi connectivity index (χ3n) is 4.36. The van der Waals surface area contributed by atoms with Gasteiger partial charge >= 0.3 is 0 Å². The summed E-state index contributed by atoms with van der Waals surface area (Å²) in [5.41, 5.74) is 1.57. The zero-order valence-corrected chi connectivity index (χ0v) is 20.1. The number of nitrogens with zero attached hydrogens (tertiary/aromatic N) is 5. The third kappa shape index (κ3) is 5.56. The molecule has 0 radical (unpaired) electrons. The van der Waals surface area contributed by atoms with Gasteiger partial charge in [0.05, 0.1) is 24.2 Å². The molecule has 0 spiro atoms. The number of hydrogen-bond donors (Lipinski definition) is 1. The van der Waals surface area contributed by atoms with Crippen molar-refractivity contribution in [2.75, 3.05) is 12.4 Å². The van der Waals surface area contributed by atoms with Crippen molar-refractivity contribution >= 4 is 58.2 Å². The Hall–Kier alpha value is -2.85. The van der Waals surface area contributed by atoms with Gasteiger partial charge in [-0.2, -0.15) is 0 Å². The van der Waals surface area contributed by atoms with E-state index in [1.165, 1.54) is 23.6 Å². The van der Waals surface area contributed by atoms with Crippen LogP contribution in [0, 0.1) is 0 Å². The molecule has 2 aromatic carbocycles. The summed E-state index contributed by atoms with van der Waals surface area (Å²) < 4.78 is 6.82. The van der Waals surface area contributed by atoms with Crippen molar-refractivity contribution in [3.05, 3.63) is 81.3 Å². The molecular formula is C21H15Cl3N6O2S. The summed E-state index contributed by atoms with van der Waals surface area (Å²) in [6, 6.07) is 11.6. The molecule has 12 heteroatoms. The van der Waals surface area contributed by atoms with Gasteiger partial charge in [0, 0.05) is 33.2 Å². The zero-order chi connectivity index (χ0) is 23.4. The number of halogens is 3. The maximum absolute atomic E-state index is 13.2. The van der Waals surface area contributed by atoms with E-state index in [0.717, 1.165) is 0 Å². The van der Waals surface area contributed by atoms with Gasteiger partial charge in [-0.25, -0.2) is 14.6 Å². The van der Waals surface area contributed by atoms with E-state index in [0.29, 0.717) is 48.8 Å². The fourth-order valence-electron chi connectivity index (χ4n) is 2.93. The van der Waals surface area contributed by atoms with Crippen molar-refractivity contribution in [3.8, 4) is 11.4 Å². The SMILES string of the molecule is COc1ccc(Cl)cc1NC(=O)c1nnn(-c2cc(Cl)cc(Cl)c2)c1CSc1ncccn1. The molecule has 0 saturated heterocycles. The van der Waals surface area contributed by atoms with Gasteiger partial charge in [-0.3, -0.25) is 4.79 Å². The van der Waals surface area contributed by atoms with Crippen molar-refractivity contribution in [1.29, 1.82) is 0 Å². The smallest absolute Gasteiger partial charge is 0.278 e. The monoisotopic (exact) mass is 520 g/mol. The van der Waals surface area contributed by atoms with Crippen LogP contribution in [0.5, 0.6) is 5.75 Å². The molecule has 2 heterocycles. The fraction of sp³-hybridized carbons (Fsp3) is 0.0952. The van der Waals surface area contributed by atoms with Crippen LogP contribution in [0.2, 0.25) is 15.1 Å². The van der Waals surface area contributed by atoms with Crippen molar-refractivity contribution in [1.82, 2.24) is 25.0 Å². The minimum atomic E-state index is -0.487. The van der Waals surface area contributed by atoms with Gasteiger partial charge in [0.2, 0.25) is 0 Å². The average molecular weight is 522 g/mol. The molecule has 4 rings (SSSR count). The number of thioether (sulfide) groups is 1. The molecule has 0 fully saturated rings. The van der Waals surface area contributed by atoms with E-state index in [2.05, 4.69) is 25.6 Å². The largest absolute Gasteiger partial charge is 0.495 e. The first-order valence-corrected chi connectivity index (χ1v) is 11.5. The lowest BCUT2D eigenvalue weighted by Crippen LogP contribution is -2.16. The van der Waals surface area contributed by atoms with Crippen LogP contribution in [0.25, 0.3) is 5.69 Å². The highest BCUT2D eigenvalue weighted by atomic mass is 35.5. The third-order valence-corrected chi connectivity index (χ3v) is 5.92. The second-order valence-corrected chi connectivity index (χ2v) is 8.79.